The molecule has 248 valence electrons. The summed E-state index contributed by atoms with van der Waals surface area (Å²) in [4.78, 5) is 41.3. The van der Waals surface area contributed by atoms with E-state index in [0.29, 0.717) is 29.5 Å². The minimum Gasteiger partial charge on any atom is -0.494 e. The fourth-order valence-corrected chi connectivity index (χ4v) is 6.06. The fraction of sp³-hybridized carbons (Fsp3) is 0.146. The number of thioether (sulfide) groups is 1. The molecule has 0 heterocycles. The normalized spacial score (nSPS) is 11.8. The van der Waals surface area contributed by atoms with Crippen molar-refractivity contribution in [1.29, 1.82) is 0 Å². The third kappa shape index (κ3) is 9.95. The van der Waals surface area contributed by atoms with Gasteiger partial charge in [0.1, 0.15) is 16.7 Å². The lowest BCUT2D eigenvalue weighted by Crippen LogP contribution is -2.30. The largest absolute Gasteiger partial charge is 0.494 e. The Balaban J connectivity index is 1.36. The Morgan fingerprint density at radius 1 is 0.714 bits per heavy atom. The molecule has 0 fully saturated rings. The van der Waals surface area contributed by atoms with Crippen molar-refractivity contribution >= 4 is 46.9 Å². The standard InChI is InChI=1S/C41H39N3O4S/c1-4-48-35-24-22-33(23-25-35)42-41(47)38(31-12-7-5-8-13-31)49-36-17-11-16-34(27-36)43-40(46)37(44-39(45)32-14-9-6-10-15-32)26-29-18-20-30(21-19-29)28(2)3/h5-28,38H,4H2,1-3H3,(H,42,47)(H,43,46)(H,44,45)/b37-26+. The Morgan fingerprint density at radius 3 is 2.04 bits per heavy atom. The molecule has 5 aromatic carbocycles. The van der Waals surface area contributed by atoms with Crippen molar-refractivity contribution in [1.82, 2.24) is 5.32 Å². The van der Waals surface area contributed by atoms with Gasteiger partial charge in [0.05, 0.1) is 6.61 Å². The summed E-state index contributed by atoms with van der Waals surface area (Å²) in [6, 6.07) is 40.8. The smallest absolute Gasteiger partial charge is 0.272 e. The van der Waals surface area contributed by atoms with Gasteiger partial charge in [-0.2, -0.15) is 0 Å². The molecular formula is C41H39N3O4S. The van der Waals surface area contributed by atoms with Crippen LogP contribution in [0.3, 0.4) is 0 Å². The maximum Gasteiger partial charge on any atom is 0.272 e. The molecule has 7 nitrogen and oxygen atoms in total. The van der Waals surface area contributed by atoms with E-state index in [-0.39, 0.29) is 11.6 Å². The zero-order valence-corrected chi connectivity index (χ0v) is 28.5. The molecule has 0 saturated heterocycles. The molecule has 5 rings (SSSR count). The molecule has 3 N–H and O–H groups in total. The molecule has 0 aromatic heterocycles. The first-order chi connectivity index (χ1) is 23.8. The van der Waals surface area contributed by atoms with Crippen molar-refractivity contribution in [2.24, 2.45) is 0 Å². The maximum atomic E-state index is 13.7. The van der Waals surface area contributed by atoms with Crippen molar-refractivity contribution in [2.75, 3.05) is 17.2 Å². The van der Waals surface area contributed by atoms with Crippen LogP contribution in [0.4, 0.5) is 11.4 Å². The van der Waals surface area contributed by atoms with E-state index in [4.69, 9.17) is 4.74 Å². The highest BCUT2D eigenvalue weighted by Crippen LogP contribution is 2.37. The lowest BCUT2D eigenvalue weighted by molar-refractivity contribution is -0.116. The maximum absolute atomic E-state index is 13.7. The van der Waals surface area contributed by atoms with E-state index in [1.165, 1.54) is 17.3 Å². The molecule has 0 aliphatic carbocycles. The van der Waals surface area contributed by atoms with Crippen LogP contribution >= 0.6 is 11.8 Å². The highest BCUT2D eigenvalue weighted by molar-refractivity contribution is 8.00. The molecular weight excluding hydrogens is 631 g/mol. The summed E-state index contributed by atoms with van der Waals surface area (Å²) in [5.41, 5.74) is 4.49. The number of anilines is 2. The van der Waals surface area contributed by atoms with Gasteiger partial charge in [0.25, 0.3) is 11.8 Å². The van der Waals surface area contributed by atoms with Gasteiger partial charge in [0.15, 0.2) is 0 Å². The lowest BCUT2D eigenvalue weighted by Gasteiger charge is -2.18. The average molecular weight is 670 g/mol. The number of carbonyl (C=O) groups excluding carboxylic acids is 3. The van der Waals surface area contributed by atoms with Gasteiger partial charge >= 0.3 is 0 Å². The number of hydrogen-bond acceptors (Lipinski definition) is 5. The molecule has 0 spiro atoms. The summed E-state index contributed by atoms with van der Waals surface area (Å²) in [5, 5.41) is 8.19. The molecule has 0 bridgehead atoms. The van der Waals surface area contributed by atoms with Gasteiger partial charge in [0, 0.05) is 21.8 Å². The summed E-state index contributed by atoms with van der Waals surface area (Å²) in [7, 11) is 0. The van der Waals surface area contributed by atoms with Crippen molar-refractivity contribution in [3.63, 3.8) is 0 Å². The molecule has 0 aliphatic heterocycles. The SMILES string of the molecule is CCOc1ccc(NC(=O)C(Sc2cccc(NC(=O)/C(=C\c3ccc(C(C)C)cc3)NC(=O)c3ccccc3)c2)c2ccccc2)cc1. The van der Waals surface area contributed by atoms with Gasteiger partial charge in [0.2, 0.25) is 5.91 Å². The van der Waals surface area contributed by atoms with Crippen molar-refractivity contribution in [2.45, 2.75) is 36.8 Å². The number of ether oxygens (including phenoxy) is 1. The minimum absolute atomic E-state index is 0.0982. The van der Waals surface area contributed by atoms with Gasteiger partial charge in [-0.25, -0.2) is 0 Å². The molecule has 0 radical (unpaired) electrons. The highest BCUT2D eigenvalue weighted by Gasteiger charge is 2.23. The fourth-order valence-electron chi connectivity index (χ4n) is 4.98. The lowest BCUT2D eigenvalue weighted by atomic mass is 10.0. The Labute approximate surface area is 291 Å². The molecule has 49 heavy (non-hydrogen) atoms. The van der Waals surface area contributed by atoms with Gasteiger partial charge < -0.3 is 20.7 Å². The van der Waals surface area contributed by atoms with E-state index in [0.717, 1.165) is 21.8 Å². The molecule has 1 unspecified atom stereocenters. The second-order valence-corrected chi connectivity index (χ2v) is 12.7. The zero-order valence-electron chi connectivity index (χ0n) is 27.7. The van der Waals surface area contributed by atoms with Crippen molar-refractivity contribution in [3.05, 3.63) is 161 Å². The topological polar surface area (TPSA) is 96.5 Å². The number of benzene rings is 5. The Kier molecular flexibility index (Phi) is 12.0. The van der Waals surface area contributed by atoms with E-state index in [1.807, 2.05) is 110 Å². The average Bonchev–Trinajstić information content (AvgIpc) is 3.12. The molecule has 5 aromatic rings. The molecule has 8 heteroatoms. The van der Waals surface area contributed by atoms with Gasteiger partial charge in [-0.05, 0) is 90.2 Å². The second kappa shape index (κ2) is 17.0. The van der Waals surface area contributed by atoms with Crippen LogP contribution in [-0.2, 0) is 9.59 Å². The summed E-state index contributed by atoms with van der Waals surface area (Å²) in [6.45, 7) is 6.72. The molecule has 0 aliphatic rings. The van der Waals surface area contributed by atoms with E-state index < -0.39 is 17.1 Å². The summed E-state index contributed by atoms with van der Waals surface area (Å²) in [5.74, 6) is 0.0344. The van der Waals surface area contributed by atoms with Crippen LogP contribution in [0.25, 0.3) is 6.08 Å². The van der Waals surface area contributed by atoms with Crippen LogP contribution < -0.4 is 20.7 Å². The number of carbonyl (C=O) groups is 3. The quantitative estimate of drug-likeness (QED) is 0.0859. The predicted octanol–water partition coefficient (Wildman–Crippen LogP) is 9.09. The molecule has 0 saturated carbocycles. The van der Waals surface area contributed by atoms with Crippen molar-refractivity contribution in [3.8, 4) is 5.75 Å². The van der Waals surface area contributed by atoms with E-state index >= 15 is 0 Å². The number of rotatable bonds is 13. The summed E-state index contributed by atoms with van der Waals surface area (Å²) in [6.07, 6.45) is 1.66. The van der Waals surface area contributed by atoms with E-state index in [1.54, 1.807) is 36.4 Å². The van der Waals surface area contributed by atoms with Crippen LogP contribution in [0.5, 0.6) is 5.75 Å². The third-order valence-electron chi connectivity index (χ3n) is 7.56. The molecule has 1 atom stereocenters. The van der Waals surface area contributed by atoms with Crippen LogP contribution in [0, 0.1) is 0 Å². The van der Waals surface area contributed by atoms with Crippen molar-refractivity contribution < 1.29 is 19.1 Å². The first kappa shape index (κ1) is 34.7. The Morgan fingerprint density at radius 2 is 1.39 bits per heavy atom. The highest BCUT2D eigenvalue weighted by atomic mass is 32.2. The minimum atomic E-state index is -0.576. The van der Waals surface area contributed by atoms with Crippen LogP contribution in [0.1, 0.15) is 59.0 Å². The number of hydrogen-bond donors (Lipinski definition) is 3. The van der Waals surface area contributed by atoms with E-state index in [2.05, 4.69) is 29.8 Å². The second-order valence-electron chi connectivity index (χ2n) is 11.5. The summed E-state index contributed by atoms with van der Waals surface area (Å²) < 4.78 is 5.52. The predicted molar refractivity (Wildman–Crippen MR) is 199 cm³/mol. The number of nitrogens with one attached hydrogen (secondary N) is 3. The Bertz CT molecular complexity index is 1890. The van der Waals surface area contributed by atoms with E-state index in [9.17, 15) is 14.4 Å². The first-order valence-corrected chi connectivity index (χ1v) is 17.0. The van der Waals surface area contributed by atoms with Gasteiger partial charge in [-0.3, -0.25) is 14.4 Å². The van der Waals surface area contributed by atoms with Crippen LogP contribution in [-0.4, -0.2) is 24.3 Å². The van der Waals surface area contributed by atoms with Gasteiger partial charge in [-0.15, -0.1) is 11.8 Å². The Hall–Kier alpha value is -5.60. The summed E-state index contributed by atoms with van der Waals surface area (Å²) >= 11 is 1.37. The molecule has 3 amide bonds. The first-order valence-electron chi connectivity index (χ1n) is 16.1. The van der Waals surface area contributed by atoms with Crippen LogP contribution in [0.15, 0.2) is 144 Å². The monoisotopic (exact) mass is 669 g/mol. The van der Waals surface area contributed by atoms with Gasteiger partial charge in [-0.1, -0.05) is 92.7 Å². The third-order valence-corrected chi connectivity index (χ3v) is 8.81. The zero-order chi connectivity index (χ0) is 34.6. The van der Waals surface area contributed by atoms with Crippen LogP contribution in [0.2, 0.25) is 0 Å². The number of amides is 3.